The number of rotatable bonds is 10. The highest BCUT2D eigenvalue weighted by molar-refractivity contribution is 8.04. The number of carbonyl (C=O) groups is 1. The summed E-state index contributed by atoms with van der Waals surface area (Å²) in [7, 11) is 1.80. The molecular formula is C24H29N3OS. The minimum absolute atomic E-state index is 0.0634. The summed E-state index contributed by atoms with van der Waals surface area (Å²) in [5.41, 5.74) is 5.14. The van der Waals surface area contributed by atoms with Crippen LogP contribution in [-0.2, 0) is 0 Å². The van der Waals surface area contributed by atoms with Crippen LogP contribution in [0.25, 0.3) is 5.70 Å². The third-order valence-corrected chi connectivity index (χ3v) is 5.36. The smallest absolute Gasteiger partial charge is 0.251 e. The fraction of sp³-hybridized carbons (Fsp3) is 0.250. The largest absolute Gasteiger partial charge is 0.387 e. The van der Waals surface area contributed by atoms with Gasteiger partial charge in [-0.2, -0.15) is 0 Å². The number of pyridine rings is 1. The van der Waals surface area contributed by atoms with E-state index in [1.807, 2.05) is 36.6 Å². The molecule has 4 nitrogen and oxygen atoms in total. The van der Waals surface area contributed by atoms with Gasteiger partial charge in [0.1, 0.15) is 0 Å². The summed E-state index contributed by atoms with van der Waals surface area (Å²) in [4.78, 5) is 17.5. The van der Waals surface area contributed by atoms with Crippen LogP contribution < -0.4 is 10.6 Å². The number of amides is 1. The molecule has 0 spiro atoms. The second kappa shape index (κ2) is 11.3. The number of hydrogen-bond donors (Lipinski definition) is 2. The van der Waals surface area contributed by atoms with Gasteiger partial charge < -0.3 is 10.6 Å². The van der Waals surface area contributed by atoms with E-state index in [2.05, 4.69) is 42.8 Å². The quantitative estimate of drug-likeness (QED) is 0.559. The van der Waals surface area contributed by atoms with Crippen LogP contribution in [-0.4, -0.2) is 24.5 Å². The minimum atomic E-state index is -0.108. The molecular weight excluding hydrogens is 378 g/mol. The van der Waals surface area contributed by atoms with E-state index >= 15 is 0 Å². The first-order valence-corrected chi connectivity index (χ1v) is 10.5. The molecule has 0 aliphatic heterocycles. The van der Waals surface area contributed by atoms with E-state index in [9.17, 15) is 4.79 Å². The summed E-state index contributed by atoms with van der Waals surface area (Å²) in [5.74, 6) is -0.0447. The summed E-state index contributed by atoms with van der Waals surface area (Å²) in [6, 6.07) is 13.8. The van der Waals surface area contributed by atoms with Gasteiger partial charge in [-0.05, 0) is 41.9 Å². The van der Waals surface area contributed by atoms with Crippen LogP contribution in [0.4, 0.5) is 0 Å². The number of hydrogen-bond acceptors (Lipinski definition) is 4. The maximum Gasteiger partial charge on any atom is 0.251 e. The van der Waals surface area contributed by atoms with Crippen LogP contribution in [0.3, 0.4) is 0 Å². The normalized spacial score (nSPS) is 12.2. The van der Waals surface area contributed by atoms with Crippen molar-refractivity contribution in [1.29, 1.82) is 0 Å². The maximum absolute atomic E-state index is 12.8. The summed E-state index contributed by atoms with van der Waals surface area (Å²) < 4.78 is 0. The Morgan fingerprint density at radius 1 is 1.28 bits per heavy atom. The Bertz CT molecular complexity index is 890. The van der Waals surface area contributed by atoms with Crippen molar-refractivity contribution in [1.82, 2.24) is 15.6 Å². The van der Waals surface area contributed by atoms with E-state index in [1.165, 1.54) is 5.57 Å². The van der Waals surface area contributed by atoms with Crippen LogP contribution in [0, 0.1) is 0 Å². The van der Waals surface area contributed by atoms with Crippen molar-refractivity contribution in [2.24, 2.45) is 0 Å². The lowest BCUT2D eigenvalue weighted by atomic mass is 9.95. The fourth-order valence-electron chi connectivity index (χ4n) is 2.80. The maximum atomic E-state index is 12.8. The number of nitrogens with one attached hydrogen (secondary N) is 2. The first kappa shape index (κ1) is 22.5. The van der Waals surface area contributed by atoms with Gasteiger partial charge >= 0.3 is 0 Å². The molecule has 1 atom stereocenters. The standard InChI is InChI=1S/C24H29N3OS/c1-6-29-16-17(2)12-13-26-24(28)21-14-22(27-23(15-21)19(4)25-5)18(3)20-10-8-7-9-11-20/h6-11,14-16,18,25H,1,4,12-13H2,2-3,5H3,(H,26,28)/b17-16+. The molecule has 1 heterocycles. The molecule has 0 saturated carbocycles. The molecule has 1 amide bonds. The Labute approximate surface area is 178 Å². The van der Waals surface area contributed by atoms with E-state index in [-0.39, 0.29) is 11.8 Å². The van der Waals surface area contributed by atoms with Gasteiger partial charge in [-0.25, -0.2) is 0 Å². The zero-order valence-corrected chi connectivity index (χ0v) is 18.2. The van der Waals surface area contributed by atoms with Gasteiger partial charge in [-0.3, -0.25) is 9.78 Å². The molecule has 2 rings (SSSR count). The van der Waals surface area contributed by atoms with Crippen molar-refractivity contribution in [3.8, 4) is 0 Å². The lowest BCUT2D eigenvalue weighted by Gasteiger charge is -2.16. The summed E-state index contributed by atoms with van der Waals surface area (Å²) in [5, 5.41) is 9.85. The number of nitrogens with zero attached hydrogens (tertiary/aromatic N) is 1. The van der Waals surface area contributed by atoms with Gasteiger partial charge in [0.2, 0.25) is 0 Å². The molecule has 1 unspecified atom stereocenters. The van der Waals surface area contributed by atoms with Gasteiger partial charge in [0.05, 0.1) is 11.4 Å². The highest BCUT2D eigenvalue weighted by Gasteiger charge is 2.16. The average Bonchev–Trinajstić information content (AvgIpc) is 2.76. The molecule has 0 bridgehead atoms. The molecule has 0 aliphatic carbocycles. The lowest BCUT2D eigenvalue weighted by Crippen LogP contribution is -2.25. The Kier molecular flexibility index (Phi) is 8.74. The molecule has 0 radical (unpaired) electrons. The van der Waals surface area contributed by atoms with Gasteiger partial charge in [0, 0.05) is 30.8 Å². The number of carbonyl (C=O) groups excluding carboxylic acids is 1. The van der Waals surface area contributed by atoms with Gasteiger partial charge in [-0.1, -0.05) is 56.0 Å². The van der Waals surface area contributed by atoms with E-state index < -0.39 is 0 Å². The predicted octanol–water partition coefficient (Wildman–Crippen LogP) is 5.32. The number of benzene rings is 1. The van der Waals surface area contributed by atoms with Crippen molar-refractivity contribution < 1.29 is 4.79 Å². The van der Waals surface area contributed by atoms with Crippen molar-refractivity contribution >= 4 is 23.4 Å². The molecule has 1 aromatic carbocycles. The lowest BCUT2D eigenvalue weighted by molar-refractivity contribution is 0.0954. The molecule has 152 valence electrons. The van der Waals surface area contributed by atoms with Gasteiger partial charge in [-0.15, -0.1) is 11.8 Å². The number of thioether (sulfide) groups is 1. The van der Waals surface area contributed by atoms with Gasteiger partial charge in [0.15, 0.2) is 0 Å². The van der Waals surface area contributed by atoms with Gasteiger partial charge in [0.25, 0.3) is 5.91 Å². The molecule has 0 saturated heterocycles. The third-order valence-electron chi connectivity index (χ3n) is 4.63. The average molecular weight is 408 g/mol. The Hall–Kier alpha value is -2.79. The van der Waals surface area contributed by atoms with Crippen LogP contribution in [0.5, 0.6) is 0 Å². The Morgan fingerprint density at radius 2 is 2.00 bits per heavy atom. The first-order valence-electron chi connectivity index (χ1n) is 9.60. The van der Waals surface area contributed by atoms with Crippen molar-refractivity contribution in [3.05, 3.63) is 94.5 Å². The summed E-state index contributed by atoms with van der Waals surface area (Å²) in [6.45, 7) is 12.4. The fourth-order valence-corrected chi connectivity index (χ4v) is 3.24. The summed E-state index contributed by atoms with van der Waals surface area (Å²) in [6.07, 6.45) is 0.793. The minimum Gasteiger partial charge on any atom is -0.387 e. The highest BCUT2D eigenvalue weighted by atomic mass is 32.2. The molecule has 1 aromatic heterocycles. The van der Waals surface area contributed by atoms with E-state index in [1.54, 1.807) is 30.3 Å². The van der Waals surface area contributed by atoms with Crippen molar-refractivity contribution in [3.63, 3.8) is 0 Å². The van der Waals surface area contributed by atoms with Crippen molar-refractivity contribution in [2.45, 2.75) is 26.2 Å². The SMILES string of the molecule is C=CS/C=C(\C)CCNC(=O)c1cc(C(=C)NC)nc(C(C)c2ccccc2)c1. The van der Waals surface area contributed by atoms with E-state index in [0.29, 0.717) is 23.5 Å². The van der Waals surface area contributed by atoms with E-state index in [0.717, 1.165) is 17.7 Å². The third kappa shape index (κ3) is 6.64. The molecule has 2 N–H and O–H groups in total. The van der Waals surface area contributed by atoms with Crippen LogP contribution in [0.1, 0.15) is 53.5 Å². The number of aromatic nitrogens is 1. The second-order valence-corrected chi connectivity index (χ2v) is 7.64. The molecule has 2 aromatic rings. The zero-order valence-electron chi connectivity index (χ0n) is 17.4. The topological polar surface area (TPSA) is 54.0 Å². The van der Waals surface area contributed by atoms with E-state index in [4.69, 9.17) is 4.98 Å². The predicted molar refractivity (Wildman–Crippen MR) is 125 cm³/mol. The summed E-state index contributed by atoms with van der Waals surface area (Å²) >= 11 is 1.55. The monoisotopic (exact) mass is 407 g/mol. The van der Waals surface area contributed by atoms with Crippen molar-refractivity contribution in [2.75, 3.05) is 13.6 Å². The van der Waals surface area contributed by atoms with Crippen LogP contribution in [0.15, 0.2) is 72.0 Å². The molecule has 0 aliphatic rings. The van der Waals surface area contributed by atoms with Crippen LogP contribution in [0.2, 0.25) is 0 Å². The zero-order chi connectivity index (χ0) is 21.2. The Balaban J connectivity index is 2.23. The van der Waals surface area contributed by atoms with Crippen LogP contribution >= 0.6 is 11.8 Å². The molecule has 5 heteroatoms. The molecule has 29 heavy (non-hydrogen) atoms. The first-order chi connectivity index (χ1) is 14.0. The molecule has 0 fully saturated rings. The second-order valence-electron chi connectivity index (χ2n) is 6.80. The Morgan fingerprint density at radius 3 is 2.66 bits per heavy atom. The highest BCUT2D eigenvalue weighted by Crippen LogP contribution is 2.25.